The van der Waals surface area contributed by atoms with Crippen molar-refractivity contribution in [2.45, 2.75) is 31.8 Å². The SMILES string of the molecule is CC(c1cccs1)n1cncc1C1CCCN1. The van der Waals surface area contributed by atoms with Gasteiger partial charge in [-0.1, -0.05) is 6.07 Å². The molecule has 4 heteroatoms. The van der Waals surface area contributed by atoms with E-state index in [-0.39, 0.29) is 0 Å². The molecule has 90 valence electrons. The summed E-state index contributed by atoms with van der Waals surface area (Å²) in [5, 5.41) is 5.68. The summed E-state index contributed by atoms with van der Waals surface area (Å²) >= 11 is 1.81. The van der Waals surface area contributed by atoms with Crippen LogP contribution in [-0.2, 0) is 0 Å². The van der Waals surface area contributed by atoms with E-state index >= 15 is 0 Å². The lowest BCUT2D eigenvalue weighted by Gasteiger charge is -2.18. The first-order chi connectivity index (χ1) is 8.36. The van der Waals surface area contributed by atoms with Gasteiger partial charge in [0.2, 0.25) is 0 Å². The molecule has 3 nitrogen and oxygen atoms in total. The molecule has 17 heavy (non-hydrogen) atoms. The molecule has 0 aliphatic carbocycles. The summed E-state index contributed by atoms with van der Waals surface area (Å²) in [7, 11) is 0. The first-order valence-electron chi connectivity index (χ1n) is 6.15. The van der Waals surface area contributed by atoms with E-state index in [1.165, 1.54) is 23.4 Å². The van der Waals surface area contributed by atoms with Crippen molar-refractivity contribution >= 4 is 11.3 Å². The van der Waals surface area contributed by atoms with Crippen LogP contribution in [0.25, 0.3) is 0 Å². The summed E-state index contributed by atoms with van der Waals surface area (Å²) in [5.74, 6) is 0. The average Bonchev–Trinajstić information content (AvgIpc) is 3.09. The van der Waals surface area contributed by atoms with Crippen LogP contribution in [0.4, 0.5) is 0 Å². The Labute approximate surface area is 106 Å². The Morgan fingerprint density at radius 2 is 2.53 bits per heavy atom. The van der Waals surface area contributed by atoms with Gasteiger partial charge in [-0.15, -0.1) is 11.3 Å². The highest BCUT2D eigenvalue weighted by Gasteiger charge is 2.22. The van der Waals surface area contributed by atoms with Gasteiger partial charge in [0.1, 0.15) is 0 Å². The second-order valence-electron chi connectivity index (χ2n) is 4.57. The van der Waals surface area contributed by atoms with E-state index in [1.54, 1.807) is 0 Å². The van der Waals surface area contributed by atoms with E-state index in [4.69, 9.17) is 0 Å². The Balaban J connectivity index is 1.90. The van der Waals surface area contributed by atoms with Gasteiger partial charge < -0.3 is 9.88 Å². The Hall–Kier alpha value is -1.13. The third-order valence-electron chi connectivity index (χ3n) is 3.49. The number of imidazole rings is 1. The highest BCUT2D eigenvalue weighted by molar-refractivity contribution is 7.10. The second-order valence-corrected chi connectivity index (χ2v) is 5.55. The topological polar surface area (TPSA) is 29.9 Å². The molecule has 0 aromatic carbocycles. The van der Waals surface area contributed by atoms with Gasteiger partial charge in [0.15, 0.2) is 0 Å². The summed E-state index contributed by atoms with van der Waals surface area (Å²) in [6.45, 7) is 3.37. The van der Waals surface area contributed by atoms with Crippen molar-refractivity contribution in [2.75, 3.05) is 6.54 Å². The highest BCUT2D eigenvalue weighted by Crippen LogP contribution is 2.29. The van der Waals surface area contributed by atoms with Crippen molar-refractivity contribution in [3.05, 3.63) is 40.6 Å². The second kappa shape index (κ2) is 4.63. The summed E-state index contributed by atoms with van der Waals surface area (Å²) in [5.41, 5.74) is 1.32. The maximum Gasteiger partial charge on any atom is 0.0954 e. The van der Waals surface area contributed by atoms with Crippen molar-refractivity contribution in [1.82, 2.24) is 14.9 Å². The Kier molecular flexibility index (Phi) is 2.99. The molecule has 1 N–H and O–H groups in total. The molecule has 0 spiro atoms. The van der Waals surface area contributed by atoms with Crippen LogP contribution < -0.4 is 5.32 Å². The standard InChI is InChI=1S/C13H17N3S/c1-10(13-5-3-7-17-13)16-9-14-8-12(16)11-4-2-6-15-11/h3,5,7-11,15H,2,4,6H2,1H3. The van der Waals surface area contributed by atoms with Crippen molar-refractivity contribution in [3.63, 3.8) is 0 Å². The number of hydrogen-bond acceptors (Lipinski definition) is 3. The zero-order chi connectivity index (χ0) is 11.7. The van der Waals surface area contributed by atoms with Crippen LogP contribution in [-0.4, -0.2) is 16.1 Å². The molecule has 3 heterocycles. The highest BCUT2D eigenvalue weighted by atomic mass is 32.1. The van der Waals surface area contributed by atoms with E-state index in [0.29, 0.717) is 12.1 Å². The van der Waals surface area contributed by atoms with Crippen molar-refractivity contribution in [1.29, 1.82) is 0 Å². The first-order valence-corrected chi connectivity index (χ1v) is 7.03. The molecule has 2 atom stereocenters. The summed E-state index contributed by atoms with van der Waals surface area (Å²) in [6.07, 6.45) is 6.46. The average molecular weight is 247 g/mol. The minimum absolute atomic E-state index is 0.384. The lowest BCUT2D eigenvalue weighted by molar-refractivity contribution is 0.543. The van der Waals surface area contributed by atoms with Crippen LogP contribution in [0.2, 0.25) is 0 Å². The summed E-state index contributed by atoms with van der Waals surface area (Å²) in [4.78, 5) is 5.72. The Morgan fingerprint density at radius 1 is 1.59 bits per heavy atom. The Morgan fingerprint density at radius 3 is 3.24 bits per heavy atom. The molecule has 0 amide bonds. The molecule has 0 radical (unpaired) electrons. The monoisotopic (exact) mass is 247 g/mol. The van der Waals surface area contributed by atoms with E-state index in [9.17, 15) is 0 Å². The van der Waals surface area contributed by atoms with Crippen LogP contribution in [0, 0.1) is 0 Å². The number of nitrogens with zero attached hydrogens (tertiary/aromatic N) is 2. The summed E-state index contributed by atoms with van der Waals surface area (Å²) < 4.78 is 2.30. The third kappa shape index (κ3) is 2.03. The predicted molar refractivity (Wildman–Crippen MR) is 70.3 cm³/mol. The molecule has 3 rings (SSSR count). The lowest BCUT2D eigenvalue weighted by Crippen LogP contribution is -2.18. The van der Waals surface area contributed by atoms with Gasteiger partial charge in [0, 0.05) is 17.1 Å². The molecular formula is C13H17N3S. The van der Waals surface area contributed by atoms with Crippen molar-refractivity contribution < 1.29 is 0 Å². The van der Waals surface area contributed by atoms with E-state index in [1.807, 2.05) is 23.9 Å². The number of thiophene rings is 1. The van der Waals surface area contributed by atoms with Gasteiger partial charge >= 0.3 is 0 Å². The van der Waals surface area contributed by atoms with Crippen LogP contribution >= 0.6 is 11.3 Å². The number of aromatic nitrogens is 2. The molecule has 0 bridgehead atoms. The van der Waals surface area contributed by atoms with Gasteiger partial charge in [0.05, 0.1) is 18.1 Å². The molecule has 2 aromatic heterocycles. The van der Waals surface area contributed by atoms with Crippen LogP contribution in [0.3, 0.4) is 0 Å². The zero-order valence-electron chi connectivity index (χ0n) is 9.97. The van der Waals surface area contributed by atoms with Crippen LogP contribution in [0.15, 0.2) is 30.0 Å². The minimum Gasteiger partial charge on any atom is -0.325 e. The normalized spacial score (nSPS) is 21.8. The van der Waals surface area contributed by atoms with Crippen molar-refractivity contribution in [2.24, 2.45) is 0 Å². The van der Waals surface area contributed by atoms with Gasteiger partial charge in [-0.3, -0.25) is 0 Å². The Bertz CT molecular complexity index is 469. The zero-order valence-corrected chi connectivity index (χ0v) is 10.8. The molecule has 1 saturated heterocycles. The lowest BCUT2D eigenvalue weighted by atomic mass is 10.1. The molecule has 2 unspecified atom stereocenters. The van der Waals surface area contributed by atoms with E-state index in [0.717, 1.165) is 6.54 Å². The molecule has 0 saturated carbocycles. The van der Waals surface area contributed by atoms with Crippen molar-refractivity contribution in [3.8, 4) is 0 Å². The van der Waals surface area contributed by atoms with Gasteiger partial charge in [-0.25, -0.2) is 4.98 Å². The fourth-order valence-electron chi connectivity index (χ4n) is 2.51. The van der Waals surface area contributed by atoms with E-state index in [2.05, 4.69) is 39.3 Å². The summed E-state index contributed by atoms with van der Waals surface area (Å²) in [6, 6.07) is 5.18. The smallest absolute Gasteiger partial charge is 0.0954 e. The largest absolute Gasteiger partial charge is 0.325 e. The number of rotatable bonds is 3. The predicted octanol–water partition coefficient (Wildman–Crippen LogP) is 2.98. The number of hydrogen-bond donors (Lipinski definition) is 1. The van der Waals surface area contributed by atoms with Crippen LogP contribution in [0.1, 0.15) is 42.4 Å². The van der Waals surface area contributed by atoms with Crippen LogP contribution in [0.5, 0.6) is 0 Å². The molecular weight excluding hydrogens is 230 g/mol. The molecule has 2 aromatic rings. The van der Waals surface area contributed by atoms with E-state index < -0.39 is 0 Å². The molecule has 1 aliphatic rings. The molecule has 1 fully saturated rings. The fourth-order valence-corrected chi connectivity index (χ4v) is 3.29. The minimum atomic E-state index is 0.384. The first kappa shape index (κ1) is 11.0. The third-order valence-corrected chi connectivity index (χ3v) is 4.53. The molecule has 1 aliphatic heterocycles. The van der Waals surface area contributed by atoms with Gasteiger partial charge in [-0.05, 0) is 37.8 Å². The fraction of sp³-hybridized carbons (Fsp3) is 0.462. The maximum atomic E-state index is 4.33. The maximum absolute atomic E-state index is 4.33. The van der Waals surface area contributed by atoms with Gasteiger partial charge in [0.25, 0.3) is 0 Å². The van der Waals surface area contributed by atoms with Gasteiger partial charge in [-0.2, -0.15) is 0 Å². The number of nitrogens with one attached hydrogen (secondary N) is 1. The quantitative estimate of drug-likeness (QED) is 0.903.